The van der Waals surface area contributed by atoms with Gasteiger partial charge in [-0.3, -0.25) is 4.98 Å². The number of pyridine rings is 2. The molecule has 2 heterocycles. The van der Waals surface area contributed by atoms with E-state index < -0.39 is 0 Å². The topological polar surface area (TPSA) is 25.8 Å². The first-order valence-corrected chi connectivity index (χ1v) is 8.66. The molecule has 0 N–H and O–H groups in total. The highest BCUT2D eigenvalue weighted by molar-refractivity contribution is 9.10. The molecule has 0 atom stereocenters. The number of hydrogen-bond donors (Lipinski definition) is 0. The standard InChI is InChI=1S/C11H8Br2N2S2/c12-8-1-3-10(14-5-8)7-16-17-11-4-2-9(13)6-15-11/h1-6H,7H2. The van der Waals surface area contributed by atoms with Crippen LogP contribution in [0.5, 0.6) is 0 Å². The summed E-state index contributed by atoms with van der Waals surface area (Å²) in [4.78, 5) is 8.61. The molecule has 0 unspecified atom stereocenters. The van der Waals surface area contributed by atoms with Crippen LogP contribution in [-0.2, 0) is 5.75 Å². The summed E-state index contributed by atoms with van der Waals surface area (Å²) in [5.74, 6) is 0.871. The largest absolute Gasteiger partial charge is 0.259 e. The zero-order valence-electron chi connectivity index (χ0n) is 8.64. The fraction of sp³-hybridized carbons (Fsp3) is 0.0909. The molecule has 0 saturated heterocycles. The maximum absolute atomic E-state index is 4.31. The second-order valence-corrected chi connectivity index (χ2v) is 7.28. The van der Waals surface area contributed by atoms with Gasteiger partial charge in [0.25, 0.3) is 0 Å². The maximum Gasteiger partial charge on any atom is 0.107 e. The fourth-order valence-electron chi connectivity index (χ4n) is 1.05. The van der Waals surface area contributed by atoms with E-state index in [1.165, 1.54) is 0 Å². The Morgan fingerprint density at radius 2 is 1.65 bits per heavy atom. The zero-order chi connectivity index (χ0) is 12.1. The van der Waals surface area contributed by atoms with Crippen LogP contribution >= 0.6 is 53.4 Å². The van der Waals surface area contributed by atoms with Crippen LogP contribution in [0.15, 0.2) is 50.6 Å². The fourth-order valence-corrected chi connectivity index (χ4v) is 3.41. The Labute approximate surface area is 125 Å². The minimum absolute atomic E-state index is 0.871. The molecule has 2 aromatic heterocycles. The van der Waals surface area contributed by atoms with Crippen LogP contribution in [0.25, 0.3) is 0 Å². The molecule has 17 heavy (non-hydrogen) atoms. The molecule has 0 amide bonds. The van der Waals surface area contributed by atoms with E-state index in [9.17, 15) is 0 Å². The summed E-state index contributed by atoms with van der Waals surface area (Å²) in [6, 6.07) is 8.02. The van der Waals surface area contributed by atoms with Crippen molar-refractivity contribution in [1.29, 1.82) is 0 Å². The molecule has 0 saturated carbocycles. The highest BCUT2D eigenvalue weighted by atomic mass is 79.9. The molecule has 0 aromatic carbocycles. The van der Waals surface area contributed by atoms with Crippen LogP contribution in [0.2, 0.25) is 0 Å². The smallest absolute Gasteiger partial charge is 0.107 e. The van der Waals surface area contributed by atoms with Crippen LogP contribution in [0.4, 0.5) is 0 Å². The lowest BCUT2D eigenvalue weighted by molar-refractivity contribution is 1.13. The number of aromatic nitrogens is 2. The molecule has 0 aliphatic carbocycles. The first kappa shape index (κ1) is 13.4. The van der Waals surface area contributed by atoms with E-state index >= 15 is 0 Å². The summed E-state index contributed by atoms with van der Waals surface area (Å²) in [7, 11) is 3.39. The van der Waals surface area contributed by atoms with Gasteiger partial charge in [-0.05, 0) is 66.9 Å². The Morgan fingerprint density at radius 3 is 2.24 bits per heavy atom. The normalized spacial score (nSPS) is 10.5. The van der Waals surface area contributed by atoms with E-state index in [4.69, 9.17) is 0 Å². The van der Waals surface area contributed by atoms with Crippen LogP contribution in [-0.4, -0.2) is 9.97 Å². The van der Waals surface area contributed by atoms with Crippen LogP contribution in [0.3, 0.4) is 0 Å². The highest BCUT2D eigenvalue weighted by Gasteiger charge is 1.99. The molecule has 0 spiro atoms. The quantitative estimate of drug-likeness (QED) is 0.689. The van der Waals surface area contributed by atoms with Gasteiger partial charge < -0.3 is 0 Å². The van der Waals surface area contributed by atoms with Gasteiger partial charge in [0, 0.05) is 27.1 Å². The zero-order valence-corrected chi connectivity index (χ0v) is 13.4. The molecule has 6 heteroatoms. The van der Waals surface area contributed by atoms with E-state index in [1.807, 2.05) is 30.5 Å². The van der Waals surface area contributed by atoms with Crippen molar-refractivity contribution < 1.29 is 0 Å². The Morgan fingerprint density at radius 1 is 0.941 bits per heavy atom. The molecular formula is C11H8Br2N2S2. The number of rotatable bonds is 4. The summed E-state index contributed by atoms with van der Waals surface area (Å²) in [6.45, 7) is 0. The molecule has 2 aromatic rings. The van der Waals surface area contributed by atoms with Crippen molar-refractivity contribution in [2.24, 2.45) is 0 Å². The third-order valence-corrected chi connectivity index (χ3v) is 4.94. The van der Waals surface area contributed by atoms with Crippen molar-refractivity contribution in [2.45, 2.75) is 10.8 Å². The third kappa shape index (κ3) is 4.62. The van der Waals surface area contributed by atoms with Gasteiger partial charge in [0.15, 0.2) is 0 Å². The summed E-state index contributed by atoms with van der Waals surface area (Å²) in [6.07, 6.45) is 3.62. The Balaban J connectivity index is 1.83. The molecule has 0 aliphatic rings. The first-order chi connectivity index (χ1) is 8.24. The first-order valence-electron chi connectivity index (χ1n) is 4.75. The molecule has 2 rings (SSSR count). The predicted molar refractivity (Wildman–Crippen MR) is 81.0 cm³/mol. The van der Waals surface area contributed by atoms with Gasteiger partial charge in [-0.25, -0.2) is 4.98 Å². The van der Waals surface area contributed by atoms with Gasteiger partial charge in [0.2, 0.25) is 0 Å². The van der Waals surface area contributed by atoms with Gasteiger partial charge in [0.05, 0.1) is 5.69 Å². The van der Waals surface area contributed by atoms with Crippen molar-refractivity contribution in [3.63, 3.8) is 0 Å². The van der Waals surface area contributed by atoms with Crippen LogP contribution in [0.1, 0.15) is 5.69 Å². The predicted octanol–water partition coefficient (Wildman–Crippen LogP) is 4.94. The monoisotopic (exact) mass is 390 g/mol. The SMILES string of the molecule is Brc1ccc(CSSc2ccc(Br)cn2)nc1. The van der Waals surface area contributed by atoms with E-state index in [-0.39, 0.29) is 0 Å². The molecule has 0 bridgehead atoms. The molecule has 2 nitrogen and oxygen atoms in total. The lowest BCUT2D eigenvalue weighted by Gasteiger charge is -2.00. The highest BCUT2D eigenvalue weighted by Crippen LogP contribution is 2.32. The maximum atomic E-state index is 4.31. The molecule has 0 radical (unpaired) electrons. The summed E-state index contributed by atoms with van der Waals surface area (Å²) in [5.41, 5.74) is 1.07. The lowest BCUT2D eigenvalue weighted by Crippen LogP contribution is -1.84. The average molecular weight is 392 g/mol. The lowest BCUT2D eigenvalue weighted by atomic mass is 10.4. The number of halogens is 2. The number of hydrogen-bond acceptors (Lipinski definition) is 4. The third-order valence-electron chi connectivity index (χ3n) is 1.84. The Hall–Kier alpha value is -0.0400. The summed E-state index contributed by atoms with van der Waals surface area (Å²) in [5, 5.41) is 1.01. The summed E-state index contributed by atoms with van der Waals surface area (Å²) >= 11 is 6.73. The second kappa shape index (κ2) is 6.78. The minimum atomic E-state index is 0.871. The van der Waals surface area contributed by atoms with Crippen molar-refractivity contribution in [2.75, 3.05) is 0 Å². The van der Waals surface area contributed by atoms with Gasteiger partial charge in [-0.1, -0.05) is 10.8 Å². The van der Waals surface area contributed by atoms with Gasteiger partial charge in [0.1, 0.15) is 5.03 Å². The van der Waals surface area contributed by atoms with Crippen LogP contribution < -0.4 is 0 Å². The van der Waals surface area contributed by atoms with Crippen molar-refractivity contribution in [1.82, 2.24) is 9.97 Å². The van der Waals surface area contributed by atoms with Crippen molar-refractivity contribution in [3.8, 4) is 0 Å². The molecular weight excluding hydrogens is 384 g/mol. The van der Waals surface area contributed by atoms with Gasteiger partial charge in [-0.15, -0.1) is 0 Å². The van der Waals surface area contributed by atoms with Crippen LogP contribution in [0, 0.1) is 0 Å². The van der Waals surface area contributed by atoms with Crippen molar-refractivity contribution in [3.05, 3.63) is 51.3 Å². The summed E-state index contributed by atoms with van der Waals surface area (Å²) < 4.78 is 2.01. The Kier molecular flexibility index (Phi) is 5.34. The van der Waals surface area contributed by atoms with E-state index in [0.29, 0.717) is 0 Å². The van der Waals surface area contributed by atoms with Gasteiger partial charge >= 0.3 is 0 Å². The van der Waals surface area contributed by atoms with Crippen molar-refractivity contribution >= 4 is 53.4 Å². The van der Waals surface area contributed by atoms with E-state index in [2.05, 4.69) is 41.8 Å². The van der Waals surface area contributed by atoms with E-state index in [1.54, 1.807) is 27.8 Å². The van der Waals surface area contributed by atoms with E-state index in [0.717, 1.165) is 25.4 Å². The minimum Gasteiger partial charge on any atom is -0.259 e. The average Bonchev–Trinajstić information content (AvgIpc) is 2.34. The van der Waals surface area contributed by atoms with Gasteiger partial charge in [-0.2, -0.15) is 0 Å². The molecule has 0 aliphatic heterocycles. The molecule has 88 valence electrons. The molecule has 0 fully saturated rings. The Bertz CT molecular complexity index is 428. The second-order valence-electron chi connectivity index (χ2n) is 3.13. The number of nitrogens with zero attached hydrogens (tertiary/aromatic N) is 2.